The maximum atomic E-state index is 10.9. The third-order valence-corrected chi connectivity index (χ3v) is 1.77. The molecule has 0 aliphatic carbocycles. The molecule has 0 amide bonds. The van der Waals surface area contributed by atoms with E-state index >= 15 is 0 Å². The second-order valence-corrected chi connectivity index (χ2v) is 3.29. The van der Waals surface area contributed by atoms with E-state index < -0.39 is 5.97 Å². The summed E-state index contributed by atoms with van der Waals surface area (Å²) in [5.41, 5.74) is 0.313. The molecule has 5 nitrogen and oxygen atoms in total. The Hall–Kier alpha value is -2.01. The molecule has 0 aliphatic rings. The van der Waals surface area contributed by atoms with Crippen molar-refractivity contribution < 1.29 is 24.1 Å². The lowest BCUT2D eigenvalue weighted by Crippen LogP contribution is -2.11. The summed E-state index contributed by atoms with van der Waals surface area (Å²) in [7, 11) is 0. The Morgan fingerprint density at radius 1 is 1.29 bits per heavy atom. The summed E-state index contributed by atoms with van der Waals surface area (Å²) < 4.78 is 14.8. The number of benzene rings is 1. The van der Waals surface area contributed by atoms with Gasteiger partial charge in [-0.1, -0.05) is 6.58 Å². The number of aromatic hydroxyl groups is 1. The highest BCUT2D eigenvalue weighted by Crippen LogP contribution is 2.15. The predicted molar refractivity (Wildman–Crippen MR) is 60.5 cm³/mol. The first kappa shape index (κ1) is 13.1. The summed E-state index contributed by atoms with van der Waals surface area (Å²) in [5, 5.41) is 9.03. The lowest BCUT2D eigenvalue weighted by molar-refractivity contribution is -0.157. The fourth-order valence-electron chi connectivity index (χ4n) is 0.904. The van der Waals surface area contributed by atoms with Crippen molar-refractivity contribution in [2.24, 2.45) is 0 Å². The van der Waals surface area contributed by atoms with E-state index in [1.54, 1.807) is 19.1 Å². The van der Waals surface area contributed by atoms with Crippen molar-refractivity contribution in [3.63, 3.8) is 0 Å². The van der Waals surface area contributed by atoms with Crippen molar-refractivity contribution in [2.45, 2.75) is 6.92 Å². The first-order valence-corrected chi connectivity index (χ1v) is 4.92. The molecule has 0 saturated heterocycles. The van der Waals surface area contributed by atoms with Gasteiger partial charge in [0.15, 0.2) is 13.6 Å². The van der Waals surface area contributed by atoms with Crippen LogP contribution >= 0.6 is 0 Å². The van der Waals surface area contributed by atoms with Gasteiger partial charge in [0.25, 0.3) is 0 Å². The van der Waals surface area contributed by atoms with Gasteiger partial charge >= 0.3 is 5.97 Å². The van der Waals surface area contributed by atoms with E-state index in [4.69, 9.17) is 14.6 Å². The minimum atomic E-state index is -0.505. The van der Waals surface area contributed by atoms with E-state index in [0.717, 1.165) is 0 Å². The van der Waals surface area contributed by atoms with Gasteiger partial charge in [0, 0.05) is 5.57 Å². The highest BCUT2D eigenvalue weighted by molar-refractivity contribution is 5.86. The SMILES string of the molecule is C=C(C)C(=O)OCOCOc1ccc(O)cc1. The van der Waals surface area contributed by atoms with Gasteiger partial charge < -0.3 is 19.3 Å². The lowest BCUT2D eigenvalue weighted by Gasteiger charge is -2.07. The van der Waals surface area contributed by atoms with Crippen molar-refractivity contribution in [2.75, 3.05) is 13.6 Å². The number of hydrogen-bond acceptors (Lipinski definition) is 5. The van der Waals surface area contributed by atoms with Gasteiger partial charge in [0.2, 0.25) is 0 Å². The van der Waals surface area contributed by atoms with Gasteiger partial charge in [-0.2, -0.15) is 0 Å². The standard InChI is InChI=1S/C12H14O5/c1-9(2)12(14)17-8-15-7-16-11-5-3-10(13)4-6-11/h3-6,13H,1,7-8H2,2H3. The Balaban J connectivity index is 2.14. The topological polar surface area (TPSA) is 65.0 Å². The van der Waals surface area contributed by atoms with Crippen molar-refractivity contribution >= 4 is 5.97 Å². The van der Waals surface area contributed by atoms with Crippen molar-refractivity contribution in [3.8, 4) is 11.5 Å². The summed E-state index contributed by atoms with van der Waals surface area (Å²) in [6.07, 6.45) is 0. The van der Waals surface area contributed by atoms with Crippen LogP contribution in [0.1, 0.15) is 6.92 Å². The normalized spacial score (nSPS) is 9.71. The van der Waals surface area contributed by atoms with E-state index in [-0.39, 0.29) is 19.3 Å². The molecule has 0 spiro atoms. The molecule has 0 radical (unpaired) electrons. The molecule has 1 N–H and O–H groups in total. The molecule has 0 aromatic heterocycles. The molecule has 1 aromatic carbocycles. The average Bonchev–Trinajstić information content (AvgIpc) is 2.30. The molecule has 0 aliphatic heterocycles. The monoisotopic (exact) mass is 238 g/mol. The number of rotatable bonds is 6. The van der Waals surface area contributed by atoms with Crippen LogP contribution in [0.5, 0.6) is 11.5 Å². The second-order valence-electron chi connectivity index (χ2n) is 3.29. The zero-order chi connectivity index (χ0) is 12.7. The third kappa shape index (κ3) is 5.03. The third-order valence-electron chi connectivity index (χ3n) is 1.77. The van der Waals surface area contributed by atoms with Crippen LogP contribution in [0.3, 0.4) is 0 Å². The highest BCUT2D eigenvalue weighted by atomic mass is 16.7. The van der Waals surface area contributed by atoms with E-state index in [2.05, 4.69) is 11.3 Å². The number of carbonyl (C=O) groups excluding carboxylic acids is 1. The number of phenolic OH excluding ortho intramolecular Hbond substituents is 1. The Labute approximate surface area is 99.2 Å². The molecular formula is C12H14O5. The fourth-order valence-corrected chi connectivity index (χ4v) is 0.904. The quantitative estimate of drug-likeness (QED) is 0.354. The minimum absolute atomic E-state index is 0.0474. The van der Waals surface area contributed by atoms with Crippen LogP contribution in [0.2, 0.25) is 0 Å². The molecular weight excluding hydrogens is 224 g/mol. The summed E-state index contributed by atoms with van der Waals surface area (Å²) in [6.45, 7) is 4.74. The van der Waals surface area contributed by atoms with E-state index in [9.17, 15) is 4.79 Å². The van der Waals surface area contributed by atoms with Crippen LogP contribution in [0.4, 0.5) is 0 Å². The van der Waals surface area contributed by atoms with Crippen LogP contribution in [-0.4, -0.2) is 24.7 Å². The first-order valence-electron chi connectivity index (χ1n) is 4.92. The summed E-state index contributed by atoms with van der Waals surface area (Å²) in [5.74, 6) is 0.206. The second kappa shape index (κ2) is 6.55. The fraction of sp³-hybridized carbons (Fsp3) is 0.250. The van der Waals surface area contributed by atoms with Gasteiger partial charge in [-0.25, -0.2) is 4.79 Å². The van der Waals surface area contributed by atoms with E-state index in [1.165, 1.54) is 12.1 Å². The summed E-state index contributed by atoms with van der Waals surface area (Å²) >= 11 is 0. The molecule has 92 valence electrons. The molecule has 0 unspecified atom stereocenters. The van der Waals surface area contributed by atoms with Crippen molar-refractivity contribution in [3.05, 3.63) is 36.4 Å². The number of ether oxygens (including phenoxy) is 3. The highest BCUT2D eigenvalue weighted by Gasteiger charge is 2.02. The predicted octanol–water partition coefficient (Wildman–Crippen LogP) is 1.82. The molecule has 0 atom stereocenters. The summed E-state index contributed by atoms with van der Waals surface area (Å²) in [4.78, 5) is 10.9. The molecule has 0 fully saturated rings. The molecule has 1 rings (SSSR count). The number of esters is 1. The maximum Gasteiger partial charge on any atom is 0.335 e. The van der Waals surface area contributed by atoms with Crippen molar-refractivity contribution in [1.82, 2.24) is 0 Å². The number of hydrogen-bond donors (Lipinski definition) is 1. The maximum absolute atomic E-state index is 10.9. The smallest absolute Gasteiger partial charge is 0.335 e. The Morgan fingerprint density at radius 3 is 2.53 bits per heavy atom. The van der Waals surface area contributed by atoms with Gasteiger partial charge in [-0.3, -0.25) is 0 Å². The summed E-state index contributed by atoms with van der Waals surface area (Å²) in [6, 6.07) is 6.18. The largest absolute Gasteiger partial charge is 0.508 e. The van der Waals surface area contributed by atoms with E-state index in [0.29, 0.717) is 11.3 Å². The average molecular weight is 238 g/mol. The van der Waals surface area contributed by atoms with E-state index in [1.807, 2.05) is 0 Å². The van der Waals surface area contributed by atoms with Gasteiger partial charge in [-0.05, 0) is 31.2 Å². The Kier molecular flexibility index (Phi) is 5.03. The van der Waals surface area contributed by atoms with Crippen LogP contribution < -0.4 is 4.74 Å². The molecule has 0 heterocycles. The zero-order valence-electron chi connectivity index (χ0n) is 9.51. The first-order chi connectivity index (χ1) is 8.09. The molecule has 1 aromatic rings. The van der Waals surface area contributed by atoms with Crippen LogP contribution in [0.25, 0.3) is 0 Å². The van der Waals surface area contributed by atoms with Crippen LogP contribution in [0, 0.1) is 0 Å². The Bertz CT molecular complexity index is 382. The Morgan fingerprint density at radius 2 is 1.94 bits per heavy atom. The van der Waals surface area contributed by atoms with Crippen molar-refractivity contribution in [1.29, 1.82) is 0 Å². The number of phenols is 1. The lowest BCUT2D eigenvalue weighted by atomic mass is 10.3. The van der Waals surface area contributed by atoms with Gasteiger partial charge in [0.1, 0.15) is 11.5 Å². The molecule has 0 bridgehead atoms. The molecule has 17 heavy (non-hydrogen) atoms. The molecule has 0 saturated carbocycles. The van der Waals surface area contributed by atoms with Gasteiger partial charge in [0.05, 0.1) is 0 Å². The number of carbonyl (C=O) groups is 1. The van der Waals surface area contributed by atoms with Gasteiger partial charge in [-0.15, -0.1) is 0 Å². The van der Waals surface area contributed by atoms with Crippen LogP contribution in [0.15, 0.2) is 36.4 Å². The minimum Gasteiger partial charge on any atom is -0.508 e. The molecule has 5 heteroatoms. The van der Waals surface area contributed by atoms with Crippen LogP contribution in [-0.2, 0) is 14.3 Å². The zero-order valence-corrected chi connectivity index (χ0v) is 9.51.